The highest BCUT2D eigenvalue weighted by molar-refractivity contribution is 6.15. The molecule has 7 aromatic carbocycles. The number of para-hydroxylation sites is 5. The van der Waals surface area contributed by atoms with Crippen LogP contribution in [-0.4, -0.2) is 15.0 Å². The fraction of sp³-hybridized carbons (Fsp3) is 0. The molecule has 0 fully saturated rings. The SMILES string of the molecule is c1ccc(-c2nc(-c3ccc4c(c3)oc3c(-c5cccc6c5oc5ccccc56)cccc34)nc(-c3cccc4c3oc3ccccc34)n2)cc1. The highest BCUT2D eigenvalue weighted by atomic mass is 16.3. The fourth-order valence-corrected chi connectivity index (χ4v) is 7.37. The van der Waals surface area contributed by atoms with Gasteiger partial charge >= 0.3 is 0 Å². The molecule has 0 N–H and O–H groups in total. The lowest BCUT2D eigenvalue weighted by molar-refractivity contribution is 0.665. The minimum atomic E-state index is 0.537. The third-order valence-corrected chi connectivity index (χ3v) is 9.76. The number of hydrogen-bond acceptors (Lipinski definition) is 6. The standard InChI is InChI=1S/C45H25N3O3/c1-2-11-26(12-3-1)43-46-44(48-45(47-43)36-20-10-17-32-29-14-5-7-22-38(29)50-42(32)36)27-23-24-30-33-16-9-19-35(41(33)51-39(30)25-27)34-18-8-15-31-28-13-4-6-21-37(28)49-40(31)34/h1-25H. The Balaban J connectivity index is 1.10. The van der Waals surface area contributed by atoms with Crippen LogP contribution in [0.3, 0.4) is 0 Å². The van der Waals surface area contributed by atoms with Gasteiger partial charge in [-0.2, -0.15) is 0 Å². The zero-order valence-corrected chi connectivity index (χ0v) is 27.0. The molecule has 4 aromatic heterocycles. The van der Waals surface area contributed by atoms with E-state index in [4.69, 9.17) is 28.2 Å². The van der Waals surface area contributed by atoms with Crippen LogP contribution in [0.4, 0.5) is 0 Å². The lowest BCUT2D eigenvalue weighted by atomic mass is 10.00. The summed E-state index contributed by atoms with van der Waals surface area (Å²) in [5.74, 6) is 1.66. The monoisotopic (exact) mass is 655 g/mol. The third-order valence-electron chi connectivity index (χ3n) is 9.76. The van der Waals surface area contributed by atoms with E-state index in [0.717, 1.165) is 93.6 Å². The molecule has 0 radical (unpaired) electrons. The molecule has 0 amide bonds. The first kappa shape index (κ1) is 27.9. The second-order valence-corrected chi connectivity index (χ2v) is 12.7. The molecule has 0 saturated heterocycles. The summed E-state index contributed by atoms with van der Waals surface area (Å²) in [6.45, 7) is 0. The summed E-state index contributed by atoms with van der Waals surface area (Å²) in [6, 6.07) is 51.0. The van der Waals surface area contributed by atoms with Gasteiger partial charge in [0, 0.05) is 54.6 Å². The van der Waals surface area contributed by atoms with Gasteiger partial charge in [-0.05, 0) is 30.3 Å². The van der Waals surface area contributed by atoms with E-state index >= 15 is 0 Å². The van der Waals surface area contributed by atoms with Crippen LogP contribution in [0.15, 0.2) is 165 Å². The number of nitrogens with zero attached hydrogens (tertiary/aromatic N) is 3. The van der Waals surface area contributed by atoms with Gasteiger partial charge in [-0.1, -0.05) is 121 Å². The van der Waals surface area contributed by atoms with Crippen LogP contribution >= 0.6 is 0 Å². The van der Waals surface area contributed by atoms with Crippen LogP contribution in [0, 0.1) is 0 Å². The molecule has 11 aromatic rings. The first-order valence-corrected chi connectivity index (χ1v) is 16.9. The Bertz CT molecular complexity index is 3150. The number of benzene rings is 7. The summed E-state index contributed by atoms with van der Waals surface area (Å²) in [4.78, 5) is 15.0. The highest BCUT2D eigenvalue weighted by Crippen LogP contribution is 2.42. The highest BCUT2D eigenvalue weighted by Gasteiger charge is 2.20. The zero-order chi connectivity index (χ0) is 33.5. The molecule has 238 valence electrons. The Hall–Kier alpha value is -7.05. The maximum Gasteiger partial charge on any atom is 0.167 e. The molecule has 0 aliphatic rings. The van der Waals surface area contributed by atoms with Crippen molar-refractivity contribution in [2.24, 2.45) is 0 Å². The van der Waals surface area contributed by atoms with Crippen LogP contribution in [0.25, 0.3) is 111 Å². The van der Waals surface area contributed by atoms with Gasteiger partial charge in [0.1, 0.15) is 33.5 Å². The molecular weight excluding hydrogens is 631 g/mol. The van der Waals surface area contributed by atoms with Crippen LogP contribution in [0.5, 0.6) is 0 Å². The fourth-order valence-electron chi connectivity index (χ4n) is 7.37. The summed E-state index contributed by atoms with van der Waals surface area (Å²) in [6.07, 6.45) is 0. The van der Waals surface area contributed by atoms with Crippen LogP contribution in [-0.2, 0) is 0 Å². The maximum absolute atomic E-state index is 6.72. The van der Waals surface area contributed by atoms with Crippen molar-refractivity contribution >= 4 is 65.8 Å². The average Bonchev–Trinajstić information content (AvgIpc) is 3.89. The van der Waals surface area contributed by atoms with Gasteiger partial charge in [-0.25, -0.2) is 15.0 Å². The number of fused-ring (bicyclic) bond motifs is 9. The maximum atomic E-state index is 6.72. The van der Waals surface area contributed by atoms with Gasteiger partial charge in [0.25, 0.3) is 0 Å². The third kappa shape index (κ3) is 4.26. The summed E-state index contributed by atoms with van der Waals surface area (Å²) >= 11 is 0. The van der Waals surface area contributed by atoms with E-state index < -0.39 is 0 Å². The van der Waals surface area contributed by atoms with Crippen molar-refractivity contribution < 1.29 is 13.3 Å². The smallest absolute Gasteiger partial charge is 0.167 e. The normalized spacial score (nSPS) is 11.9. The molecule has 4 heterocycles. The first-order chi connectivity index (χ1) is 25.3. The van der Waals surface area contributed by atoms with E-state index in [1.807, 2.05) is 84.9 Å². The van der Waals surface area contributed by atoms with Gasteiger partial charge in [0.05, 0.1) is 5.56 Å². The minimum Gasteiger partial charge on any atom is -0.455 e. The van der Waals surface area contributed by atoms with E-state index in [9.17, 15) is 0 Å². The minimum absolute atomic E-state index is 0.537. The molecule has 0 aliphatic heterocycles. The molecule has 0 saturated carbocycles. The summed E-state index contributed by atoms with van der Waals surface area (Å²) in [5, 5.41) is 6.29. The van der Waals surface area contributed by atoms with Crippen LogP contribution in [0.1, 0.15) is 0 Å². The molecule has 6 nitrogen and oxygen atoms in total. The van der Waals surface area contributed by atoms with E-state index in [0.29, 0.717) is 17.5 Å². The second-order valence-electron chi connectivity index (χ2n) is 12.7. The van der Waals surface area contributed by atoms with Crippen LogP contribution < -0.4 is 0 Å². The quantitative estimate of drug-likeness (QED) is 0.188. The Labute approximate surface area is 290 Å². The second kappa shape index (κ2) is 10.7. The summed E-state index contributed by atoms with van der Waals surface area (Å²) < 4.78 is 19.5. The van der Waals surface area contributed by atoms with Gasteiger partial charge in [-0.15, -0.1) is 0 Å². The molecule has 51 heavy (non-hydrogen) atoms. The Morgan fingerprint density at radius 1 is 0.294 bits per heavy atom. The number of rotatable bonds is 4. The van der Waals surface area contributed by atoms with Crippen molar-refractivity contribution in [3.05, 3.63) is 152 Å². The van der Waals surface area contributed by atoms with E-state index in [1.54, 1.807) is 0 Å². The molecular formula is C45H25N3O3. The van der Waals surface area contributed by atoms with Crippen LogP contribution in [0.2, 0.25) is 0 Å². The van der Waals surface area contributed by atoms with E-state index in [-0.39, 0.29) is 0 Å². The summed E-state index contributed by atoms with van der Waals surface area (Å²) in [5.41, 5.74) is 9.31. The molecule has 0 bridgehead atoms. The average molecular weight is 656 g/mol. The van der Waals surface area contributed by atoms with Gasteiger partial charge in [0.2, 0.25) is 0 Å². The molecule has 0 atom stereocenters. The Morgan fingerprint density at radius 3 is 1.37 bits per heavy atom. The lowest BCUT2D eigenvalue weighted by Crippen LogP contribution is -2.00. The number of hydrogen-bond donors (Lipinski definition) is 0. The predicted molar refractivity (Wildman–Crippen MR) is 203 cm³/mol. The van der Waals surface area contributed by atoms with Crippen molar-refractivity contribution in [2.75, 3.05) is 0 Å². The number of furan rings is 3. The molecule has 0 unspecified atom stereocenters. The topological polar surface area (TPSA) is 78.1 Å². The lowest BCUT2D eigenvalue weighted by Gasteiger charge is -2.08. The Kier molecular flexibility index (Phi) is 5.86. The molecule has 0 spiro atoms. The zero-order valence-electron chi connectivity index (χ0n) is 27.0. The summed E-state index contributed by atoms with van der Waals surface area (Å²) in [7, 11) is 0. The molecule has 6 heteroatoms. The van der Waals surface area contributed by atoms with Crippen molar-refractivity contribution in [3.63, 3.8) is 0 Å². The van der Waals surface area contributed by atoms with Crippen molar-refractivity contribution in [2.45, 2.75) is 0 Å². The van der Waals surface area contributed by atoms with E-state index in [2.05, 4.69) is 66.7 Å². The molecule has 0 aliphatic carbocycles. The first-order valence-electron chi connectivity index (χ1n) is 16.9. The van der Waals surface area contributed by atoms with Gasteiger partial charge in [-0.3, -0.25) is 0 Å². The largest absolute Gasteiger partial charge is 0.455 e. The van der Waals surface area contributed by atoms with Crippen molar-refractivity contribution in [1.29, 1.82) is 0 Å². The predicted octanol–water partition coefficient (Wildman–Crippen LogP) is 12.2. The number of aromatic nitrogens is 3. The molecule has 11 rings (SSSR count). The Morgan fingerprint density at radius 2 is 0.745 bits per heavy atom. The van der Waals surface area contributed by atoms with Gasteiger partial charge in [0.15, 0.2) is 17.5 Å². The van der Waals surface area contributed by atoms with Crippen molar-refractivity contribution in [3.8, 4) is 45.3 Å². The van der Waals surface area contributed by atoms with Crippen molar-refractivity contribution in [1.82, 2.24) is 15.0 Å². The van der Waals surface area contributed by atoms with Gasteiger partial charge < -0.3 is 13.3 Å². The van der Waals surface area contributed by atoms with E-state index in [1.165, 1.54) is 0 Å².